The molecule has 0 atom stereocenters. The first-order valence-electron chi connectivity index (χ1n) is 9.17. The molecule has 1 aromatic heterocycles. The highest BCUT2D eigenvalue weighted by atomic mass is 35.5. The summed E-state index contributed by atoms with van der Waals surface area (Å²) < 4.78 is 23.8. The fourth-order valence-electron chi connectivity index (χ4n) is 3.34. The Labute approximate surface area is 179 Å². The zero-order chi connectivity index (χ0) is 21.1. The van der Waals surface area contributed by atoms with Crippen LogP contribution in [0, 0.1) is 0 Å². The van der Waals surface area contributed by atoms with E-state index in [-0.39, 0.29) is 21.5 Å². The van der Waals surface area contributed by atoms with E-state index in [9.17, 15) is 13.2 Å². The molecule has 1 N–H and O–H groups in total. The lowest BCUT2D eigenvalue weighted by Crippen LogP contribution is -2.32. The van der Waals surface area contributed by atoms with Crippen molar-refractivity contribution in [3.63, 3.8) is 0 Å². The van der Waals surface area contributed by atoms with Crippen LogP contribution in [0.4, 0.5) is 0 Å². The number of hydrogen-bond acceptors (Lipinski definition) is 5. The number of aromatic nitrogens is 1. The number of aliphatic imine (C=N–C) groups is 1. The lowest BCUT2D eigenvalue weighted by atomic mass is 9.92. The quantitative estimate of drug-likeness (QED) is 0.728. The molecule has 1 aliphatic heterocycles. The van der Waals surface area contributed by atoms with Gasteiger partial charge in [-0.05, 0) is 41.8 Å². The zero-order valence-electron chi connectivity index (χ0n) is 15.7. The average molecular weight is 438 g/mol. The van der Waals surface area contributed by atoms with E-state index in [2.05, 4.69) is 15.3 Å². The lowest BCUT2D eigenvalue weighted by Gasteiger charge is -2.13. The summed E-state index contributed by atoms with van der Waals surface area (Å²) in [5.41, 5.74) is 3.10. The first-order valence-corrected chi connectivity index (χ1v) is 10.6. The van der Waals surface area contributed by atoms with Crippen LogP contribution in [0.2, 0.25) is 0 Å². The predicted octanol–water partition coefficient (Wildman–Crippen LogP) is 2.72. The molecule has 2 aliphatic rings. The summed E-state index contributed by atoms with van der Waals surface area (Å²) in [7, 11) is -2.59. The Morgan fingerprint density at radius 1 is 1.00 bits per heavy atom. The maximum atomic E-state index is 13.0. The Hall–Kier alpha value is -3.29. The smallest absolute Gasteiger partial charge is 0.270 e. The van der Waals surface area contributed by atoms with Gasteiger partial charge in [0, 0.05) is 30.1 Å². The molecule has 6 nitrogen and oxygen atoms in total. The fraction of sp³-hybridized carbons (Fsp3) is 0.0909. The predicted molar refractivity (Wildman–Crippen MR) is 118 cm³/mol. The molecule has 0 spiro atoms. The molecule has 0 saturated carbocycles. The van der Waals surface area contributed by atoms with Gasteiger partial charge in [0.1, 0.15) is 10.6 Å². The van der Waals surface area contributed by atoms with E-state index in [1.165, 1.54) is 6.08 Å². The van der Waals surface area contributed by atoms with Crippen LogP contribution in [0.1, 0.15) is 11.1 Å². The zero-order valence-corrected chi connectivity index (χ0v) is 17.2. The van der Waals surface area contributed by atoms with E-state index in [4.69, 9.17) is 11.6 Å². The molecule has 8 heteroatoms. The van der Waals surface area contributed by atoms with Crippen LogP contribution in [0.5, 0.6) is 0 Å². The molecule has 150 valence electrons. The molecular weight excluding hydrogens is 422 g/mol. The summed E-state index contributed by atoms with van der Waals surface area (Å²) in [5.74, 6) is -0.377. The third-order valence-electron chi connectivity index (χ3n) is 4.70. The second kappa shape index (κ2) is 8.61. The maximum absolute atomic E-state index is 13.0. The number of nitrogens with one attached hydrogen (secondary N) is 1. The largest absolute Gasteiger partial charge is 0.350 e. The number of carbonyl (C=O) groups excluding carboxylic acids is 1. The molecule has 0 fully saturated rings. The van der Waals surface area contributed by atoms with Gasteiger partial charge in [0.05, 0.1) is 10.7 Å². The number of allylic oxidation sites excluding steroid dienone is 4. The number of amides is 1. The standard InChI is InChI=1S/C22H16ClN3O3S/c23-16-6-7-17-19(21(16)30(28)29)18(15-4-2-1-3-5-15)20(26-17)22(27)25-13-10-14-8-11-24-12-9-14/h1-9,11-12H,10,13H2,(H,25,27). The van der Waals surface area contributed by atoms with Crippen molar-refractivity contribution in [3.05, 3.63) is 94.4 Å². The Bertz CT molecular complexity index is 1270. The lowest BCUT2D eigenvalue weighted by molar-refractivity contribution is -0.114. The molecule has 0 unspecified atom stereocenters. The third-order valence-corrected chi connectivity index (χ3v) is 5.88. The van der Waals surface area contributed by atoms with Gasteiger partial charge in [0.15, 0.2) is 0 Å². The van der Waals surface area contributed by atoms with Crippen LogP contribution in [0.25, 0.3) is 5.57 Å². The third kappa shape index (κ3) is 3.90. The molecule has 30 heavy (non-hydrogen) atoms. The molecule has 2 aromatic rings. The average Bonchev–Trinajstić information content (AvgIpc) is 3.14. The van der Waals surface area contributed by atoms with Crippen LogP contribution < -0.4 is 5.32 Å². The highest BCUT2D eigenvalue weighted by Gasteiger charge is 2.34. The number of fused-ring (bicyclic) bond motifs is 1. The van der Waals surface area contributed by atoms with Crippen molar-refractivity contribution < 1.29 is 13.2 Å². The Morgan fingerprint density at radius 2 is 1.73 bits per heavy atom. The Kier molecular flexibility index (Phi) is 5.74. The summed E-state index contributed by atoms with van der Waals surface area (Å²) in [6, 6.07) is 12.9. The summed E-state index contributed by atoms with van der Waals surface area (Å²) in [6.07, 6.45) is 7.13. The molecule has 0 saturated heterocycles. The molecule has 0 radical (unpaired) electrons. The van der Waals surface area contributed by atoms with E-state index in [1.54, 1.807) is 18.5 Å². The summed E-state index contributed by atoms with van der Waals surface area (Å²) in [6.45, 7) is 0.404. The van der Waals surface area contributed by atoms with Crippen molar-refractivity contribution in [1.82, 2.24) is 10.3 Å². The van der Waals surface area contributed by atoms with Crippen molar-refractivity contribution in [2.24, 2.45) is 4.99 Å². The van der Waals surface area contributed by atoms with E-state index in [0.29, 0.717) is 35.4 Å². The van der Waals surface area contributed by atoms with Gasteiger partial charge in [-0.3, -0.25) is 9.78 Å². The van der Waals surface area contributed by atoms with Crippen molar-refractivity contribution in [3.8, 4) is 0 Å². The monoisotopic (exact) mass is 437 g/mol. The van der Waals surface area contributed by atoms with E-state index < -0.39 is 10.3 Å². The van der Waals surface area contributed by atoms with Crippen LogP contribution in [0.3, 0.4) is 0 Å². The molecule has 0 bridgehead atoms. The van der Waals surface area contributed by atoms with Crippen molar-refractivity contribution in [1.29, 1.82) is 0 Å². The Morgan fingerprint density at radius 3 is 2.43 bits per heavy atom. The van der Waals surface area contributed by atoms with Gasteiger partial charge < -0.3 is 5.32 Å². The van der Waals surface area contributed by atoms with Gasteiger partial charge in [-0.15, -0.1) is 0 Å². The minimum absolute atomic E-state index is 0.0589. The number of rotatable bonds is 5. The molecule has 1 amide bonds. The Balaban J connectivity index is 1.70. The second-order valence-corrected chi connectivity index (χ2v) is 7.85. The second-order valence-electron chi connectivity index (χ2n) is 6.57. The van der Waals surface area contributed by atoms with Crippen LogP contribution in [0.15, 0.2) is 88.3 Å². The molecular formula is C22H16ClN3O3S. The summed E-state index contributed by atoms with van der Waals surface area (Å²) >= 11 is 6.17. The minimum Gasteiger partial charge on any atom is -0.350 e. The highest BCUT2D eigenvalue weighted by molar-refractivity contribution is 7.74. The number of nitrogens with zero attached hydrogens (tertiary/aromatic N) is 2. The highest BCUT2D eigenvalue weighted by Crippen LogP contribution is 2.38. The number of benzene rings is 1. The molecule has 4 rings (SSSR count). The molecule has 1 aromatic carbocycles. The summed E-state index contributed by atoms with van der Waals surface area (Å²) in [5, 5.41) is 2.96. The molecule has 1 aliphatic carbocycles. The van der Waals surface area contributed by atoms with Crippen molar-refractivity contribution in [2.45, 2.75) is 6.42 Å². The van der Waals surface area contributed by atoms with Gasteiger partial charge in [-0.2, -0.15) is 8.42 Å². The topological polar surface area (TPSA) is 88.5 Å². The van der Waals surface area contributed by atoms with Gasteiger partial charge in [0.25, 0.3) is 5.91 Å². The minimum atomic E-state index is -2.59. The number of hydrogen-bond donors (Lipinski definition) is 1. The van der Waals surface area contributed by atoms with Crippen LogP contribution >= 0.6 is 11.6 Å². The van der Waals surface area contributed by atoms with Crippen molar-refractivity contribution >= 4 is 44.0 Å². The first-order chi connectivity index (χ1) is 14.6. The van der Waals surface area contributed by atoms with E-state index in [1.807, 2.05) is 42.5 Å². The van der Waals surface area contributed by atoms with E-state index in [0.717, 1.165) is 5.56 Å². The first kappa shape index (κ1) is 20.0. The van der Waals surface area contributed by atoms with Gasteiger partial charge in [-0.1, -0.05) is 41.9 Å². The number of carbonyl (C=O) groups is 1. The summed E-state index contributed by atoms with van der Waals surface area (Å²) in [4.78, 5) is 21.4. The van der Waals surface area contributed by atoms with Crippen LogP contribution in [-0.4, -0.2) is 36.4 Å². The van der Waals surface area contributed by atoms with Gasteiger partial charge in [0.2, 0.25) is 10.3 Å². The van der Waals surface area contributed by atoms with Crippen molar-refractivity contribution in [2.75, 3.05) is 6.54 Å². The number of halogens is 1. The van der Waals surface area contributed by atoms with E-state index >= 15 is 0 Å². The number of pyridine rings is 1. The normalized spacial score (nSPS) is 15.2. The SMILES string of the molecule is O=C(NCCc1ccncc1)C1=NC2=CC=C(Cl)C(=S(=O)=O)C2=C1c1ccccc1. The van der Waals surface area contributed by atoms with Gasteiger partial charge in [-0.25, -0.2) is 4.99 Å². The van der Waals surface area contributed by atoms with Crippen LogP contribution in [-0.2, 0) is 21.5 Å². The maximum Gasteiger partial charge on any atom is 0.270 e. The fourth-order valence-corrected chi connectivity index (χ4v) is 4.29. The molecule has 2 heterocycles. The van der Waals surface area contributed by atoms with Gasteiger partial charge >= 0.3 is 0 Å².